The number of ether oxygens (including phenoxy) is 1. The van der Waals surface area contributed by atoms with Crippen molar-refractivity contribution in [2.24, 2.45) is 0 Å². The highest BCUT2D eigenvalue weighted by atomic mass is 79.9. The van der Waals surface area contributed by atoms with Crippen LogP contribution in [0.5, 0.6) is 5.75 Å². The Hall–Kier alpha value is -2.01. The Morgan fingerprint density at radius 3 is 2.64 bits per heavy atom. The number of hydrogen-bond donors (Lipinski definition) is 1. The minimum atomic E-state index is 0.00483. The molecule has 1 heterocycles. The largest absolute Gasteiger partial charge is 0.492 e. The molecule has 5 heteroatoms. The summed E-state index contributed by atoms with van der Waals surface area (Å²) in [6.45, 7) is 9.21. The van der Waals surface area contributed by atoms with E-state index < -0.39 is 0 Å². The van der Waals surface area contributed by atoms with Crippen LogP contribution in [-0.4, -0.2) is 30.6 Å². The Labute approximate surface area is 176 Å². The van der Waals surface area contributed by atoms with E-state index in [2.05, 4.69) is 72.3 Å². The topological polar surface area (TPSA) is 41.6 Å². The Bertz CT molecular complexity index is 830. The molecule has 2 aromatic carbocycles. The number of urea groups is 1. The highest BCUT2D eigenvalue weighted by Gasteiger charge is 2.20. The van der Waals surface area contributed by atoms with Gasteiger partial charge in [-0.05, 0) is 63.0 Å². The van der Waals surface area contributed by atoms with Crippen molar-refractivity contribution in [2.75, 3.05) is 19.7 Å². The number of hydrogen-bond acceptors (Lipinski definition) is 2. The number of amides is 2. The molecule has 0 fully saturated rings. The zero-order valence-electron chi connectivity index (χ0n) is 16.9. The Balaban J connectivity index is 1.40. The third kappa shape index (κ3) is 5.28. The lowest BCUT2D eigenvalue weighted by Crippen LogP contribution is -2.43. The first-order valence-electron chi connectivity index (χ1n) is 9.87. The standard InChI is InChI=1S/C23H29BrN2O2/c1-23(2,3)19-9-10-21(20(24)15-19)28-14-6-12-25-22(27)26-13-11-17-7-4-5-8-18(17)16-26/h4-5,7-10,15H,6,11-14,16H2,1-3H3,(H,25,27). The molecule has 150 valence electrons. The van der Waals surface area contributed by atoms with Crippen LogP contribution in [0.4, 0.5) is 4.79 Å². The van der Waals surface area contributed by atoms with Gasteiger partial charge in [-0.1, -0.05) is 51.1 Å². The number of nitrogens with zero attached hydrogens (tertiary/aromatic N) is 1. The lowest BCUT2D eigenvalue weighted by Gasteiger charge is -2.29. The first-order chi connectivity index (χ1) is 13.3. The summed E-state index contributed by atoms with van der Waals surface area (Å²) in [6, 6.07) is 14.6. The quantitative estimate of drug-likeness (QED) is 0.636. The van der Waals surface area contributed by atoms with Gasteiger partial charge >= 0.3 is 6.03 Å². The summed E-state index contributed by atoms with van der Waals surface area (Å²) in [4.78, 5) is 14.3. The molecule has 0 radical (unpaired) electrons. The van der Waals surface area contributed by atoms with Crippen LogP contribution in [0.25, 0.3) is 0 Å². The van der Waals surface area contributed by atoms with E-state index in [1.165, 1.54) is 16.7 Å². The average Bonchev–Trinajstić information content (AvgIpc) is 2.67. The number of carbonyl (C=O) groups excluding carboxylic acids is 1. The van der Waals surface area contributed by atoms with Gasteiger partial charge in [0.25, 0.3) is 0 Å². The number of nitrogens with one attached hydrogen (secondary N) is 1. The Morgan fingerprint density at radius 1 is 1.18 bits per heavy atom. The Morgan fingerprint density at radius 2 is 1.93 bits per heavy atom. The molecule has 2 aromatic rings. The summed E-state index contributed by atoms with van der Waals surface area (Å²) < 4.78 is 6.83. The highest BCUT2D eigenvalue weighted by molar-refractivity contribution is 9.10. The van der Waals surface area contributed by atoms with Crippen LogP contribution in [0, 0.1) is 0 Å². The molecule has 1 aliphatic rings. The summed E-state index contributed by atoms with van der Waals surface area (Å²) >= 11 is 3.60. The summed E-state index contributed by atoms with van der Waals surface area (Å²) in [5, 5.41) is 3.01. The molecule has 0 aliphatic carbocycles. The normalized spacial score (nSPS) is 13.8. The van der Waals surface area contributed by atoms with E-state index in [0.717, 1.165) is 29.6 Å². The van der Waals surface area contributed by atoms with Crippen LogP contribution in [0.2, 0.25) is 0 Å². The van der Waals surface area contributed by atoms with Crippen molar-refractivity contribution in [3.63, 3.8) is 0 Å². The van der Waals surface area contributed by atoms with Crippen molar-refractivity contribution < 1.29 is 9.53 Å². The average molecular weight is 445 g/mol. The predicted molar refractivity (Wildman–Crippen MR) is 117 cm³/mol. The molecule has 0 unspecified atom stereocenters. The van der Waals surface area contributed by atoms with Crippen molar-refractivity contribution in [1.29, 1.82) is 0 Å². The Kier molecular flexibility index (Phi) is 6.65. The maximum atomic E-state index is 12.4. The lowest BCUT2D eigenvalue weighted by atomic mass is 9.87. The molecule has 0 spiro atoms. The van der Waals surface area contributed by atoms with E-state index in [4.69, 9.17) is 4.74 Å². The molecule has 1 aliphatic heterocycles. The van der Waals surface area contributed by atoms with Gasteiger partial charge < -0.3 is 15.0 Å². The molecule has 0 bridgehead atoms. The van der Waals surface area contributed by atoms with Crippen molar-refractivity contribution in [3.05, 3.63) is 63.6 Å². The first kappa shape index (κ1) is 20.7. The molecule has 0 saturated heterocycles. The second-order valence-corrected chi connectivity index (χ2v) is 9.12. The lowest BCUT2D eigenvalue weighted by molar-refractivity contribution is 0.191. The number of carbonyl (C=O) groups is 1. The number of rotatable bonds is 5. The molecule has 0 aromatic heterocycles. The fourth-order valence-corrected chi connectivity index (χ4v) is 3.81. The molecule has 0 saturated carbocycles. The molecule has 0 atom stereocenters. The molecule has 1 N–H and O–H groups in total. The fraction of sp³-hybridized carbons (Fsp3) is 0.435. The van der Waals surface area contributed by atoms with Gasteiger partial charge in [-0.2, -0.15) is 0 Å². The van der Waals surface area contributed by atoms with Crippen molar-refractivity contribution in [1.82, 2.24) is 10.2 Å². The SMILES string of the molecule is CC(C)(C)c1ccc(OCCCNC(=O)N2CCc3ccccc3C2)c(Br)c1. The summed E-state index contributed by atoms with van der Waals surface area (Å²) in [5.74, 6) is 0.840. The van der Waals surface area contributed by atoms with Gasteiger partial charge in [-0.3, -0.25) is 0 Å². The smallest absolute Gasteiger partial charge is 0.317 e. The zero-order chi connectivity index (χ0) is 20.1. The zero-order valence-corrected chi connectivity index (χ0v) is 18.5. The minimum Gasteiger partial charge on any atom is -0.492 e. The highest BCUT2D eigenvalue weighted by Crippen LogP contribution is 2.31. The molecule has 2 amide bonds. The van der Waals surface area contributed by atoms with Gasteiger partial charge in [-0.15, -0.1) is 0 Å². The molecule has 3 rings (SSSR count). The molecule has 4 nitrogen and oxygen atoms in total. The fourth-order valence-electron chi connectivity index (χ4n) is 3.31. The maximum Gasteiger partial charge on any atom is 0.317 e. The van der Waals surface area contributed by atoms with Gasteiger partial charge in [-0.25, -0.2) is 4.79 Å². The van der Waals surface area contributed by atoms with Crippen molar-refractivity contribution in [2.45, 2.75) is 45.6 Å². The summed E-state index contributed by atoms with van der Waals surface area (Å²) in [5.41, 5.74) is 3.97. The predicted octanol–water partition coefficient (Wildman–Crippen LogP) is 5.28. The molecular formula is C23H29BrN2O2. The van der Waals surface area contributed by atoms with Crippen molar-refractivity contribution in [3.8, 4) is 5.75 Å². The third-order valence-electron chi connectivity index (χ3n) is 5.07. The second-order valence-electron chi connectivity index (χ2n) is 8.27. The number of benzene rings is 2. The van der Waals surface area contributed by atoms with Gasteiger partial charge in [0.1, 0.15) is 5.75 Å². The summed E-state index contributed by atoms with van der Waals surface area (Å²) in [6.07, 6.45) is 1.69. The van der Waals surface area contributed by atoms with Gasteiger partial charge in [0.05, 0.1) is 11.1 Å². The van der Waals surface area contributed by atoms with Crippen LogP contribution < -0.4 is 10.1 Å². The van der Waals surface area contributed by atoms with E-state index in [-0.39, 0.29) is 11.4 Å². The van der Waals surface area contributed by atoms with E-state index in [0.29, 0.717) is 19.7 Å². The van der Waals surface area contributed by atoms with E-state index in [1.54, 1.807) is 0 Å². The third-order valence-corrected chi connectivity index (χ3v) is 5.69. The van der Waals surface area contributed by atoms with Gasteiger partial charge in [0.2, 0.25) is 0 Å². The maximum absolute atomic E-state index is 12.4. The van der Waals surface area contributed by atoms with Crippen LogP contribution in [0.3, 0.4) is 0 Å². The van der Waals surface area contributed by atoms with Crippen LogP contribution in [0.15, 0.2) is 46.9 Å². The van der Waals surface area contributed by atoms with Crippen LogP contribution >= 0.6 is 15.9 Å². The minimum absolute atomic E-state index is 0.00483. The molecule has 28 heavy (non-hydrogen) atoms. The van der Waals surface area contributed by atoms with Crippen LogP contribution in [0.1, 0.15) is 43.9 Å². The second kappa shape index (κ2) is 8.99. The van der Waals surface area contributed by atoms with Gasteiger partial charge in [0, 0.05) is 19.6 Å². The van der Waals surface area contributed by atoms with Gasteiger partial charge in [0.15, 0.2) is 0 Å². The van der Waals surface area contributed by atoms with E-state index in [9.17, 15) is 4.79 Å². The van der Waals surface area contributed by atoms with Crippen LogP contribution in [-0.2, 0) is 18.4 Å². The number of halogens is 1. The van der Waals surface area contributed by atoms with Crippen molar-refractivity contribution >= 4 is 22.0 Å². The van der Waals surface area contributed by atoms with E-state index in [1.807, 2.05) is 17.0 Å². The molecular weight excluding hydrogens is 416 g/mol. The number of fused-ring (bicyclic) bond motifs is 1. The van der Waals surface area contributed by atoms with E-state index >= 15 is 0 Å². The first-order valence-corrected chi connectivity index (χ1v) is 10.7. The summed E-state index contributed by atoms with van der Waals surface area (Å²) in [7, 11) is 0. The monoisotopic (exact) mass is 444 g/mol.